The van der Waals surface area contributed by atoms with E-state index >= 15 is 0 Å². The number of carbonyl (C=O) groups is 1. The van der Waals surface area contributed by atoms with Crippen molar-refractivity contribution in [3.8, 4) is 0 Å². The molecule has 1 heterocycles. The van der Waals surface area contributed by atoms with Gasteiger partial charge in [-0.05, 0) is 31.9 Å². The van der Waals surface area contributed by atoms with E-state index in [1.54, 1.807) is 6.92 Å². The summed E-state index contributed by atoms with van der Waals surface area (Å²) in [7, 11) is 0. The molecule has 0 bridgehead atoms. The average molecular weight is 283 g/mol. The standard InChI is InChI=1S/C15H19F2NO2/c1-15(20)6-9-18(10-7-15)8-5-13(19)11-3-2-4-12(16)14(11)17/h2-4,20H,5-10H2,1H3. The molecule has 0 aromatic heterocycles. The molecule has 1 aromatic carbocycles. The average Bonchev–Trinajstić information content (AvgIpc) is 2.40. The van der Waals surface area contributed by atoms with Crippen molar-refractivity contribution in [2.45, 2.75) is 31.8 Å². The highest BCUT2D eigenvalue weighted by molar-refractivity contribution is 5.96. The Labute approximate surface area is 117 Å². The van der Waals surface area contributed by atoms with Crippen LogP contribution in [0.2, 0.25) is 0 Å². The van der Waals surface area contributed by atoms with Crippen molar-refractivity contribution in [2.75, 3.05) is 19.6 Å². The molecule has 3 nitrogen and oxygen atoms in total. The Balaban J connectivity index is 1.88. The van der Waals surface area contributed by atoms with Crippen molar-refractivity contribution in [1.29, 1.82) is 0 Å². The SMILES string of the molecule is CC1(O)CCN(CCC(=O)c2cccc(F)c2F)CC1. The predicted molar refractivity (Wildman–Crippen MR) is 71.6 cm³/mol. The van der Waals surface area contributed by atoms with Crippen LogP contribution >= 0.6 is 0 Å². The van der Waals surface area contributed by atoms with Gasteiger partial charge in [0.15, 0.2) is 17.4 Å². The molecule has 0 aliphatic carbocycles. The van der Waals surface area contributed by atoms with E-state index in [4.69, 9.17) is 0 Å². The van der Waals surface area contributed by atoms with Crippen molar-refractivity contribution < 1.29 is 18.7 Å². The van der Waals surface area contributed by atoms with Gasteiger partial charge in [0.2, 0.25) is 0 Å². The van der Waals surface area contributed by atoms with E-state index < -0.39 is 17.2 Å². The van der Waals surface area contributed by atoms with Crippen molar-refractivity contribution in [3.05, 3.63) is 35.4 Å². The van der Waals surface area contributed by atoms with Gasteiger partial charge in [-0.15, -0.1) is 0 Å². The Hall–Kier alpha value is -1.33. The van der Waals surface area contributed by atoms with Gasteiger partial charge in [-0.1, -0.05) is 6.07 Å². The lowest BCUT2D eigenvalue weighted by Crippen LogP contribution is -2.43. The molecule has 0 radical (unpaired) electrons. The third kappa shape index (κ3) is 3.61. The fourth-order valence-electron chi connectivity index (χ4n) is 2.37. The highest BCUT2D eigenvalue weighted by atomic mass is 19.2. The molecule has 2 rings (SSSR count). The van der Waals surface area contributed by atoms with Crippen LogP contribution in [0.15, 0.2) is 18.2 Å². The zero-order valence-corrected chi connectivity index (χ0v) is 11.5. The maximum atomic E-state index is 13.5. The molecule has 1 aliphatic rings. The monoisotopic (exact) mass is 283 g/mol. The fraction of sp³-hybridized carbons (Fsp3) is 0.533. The number of hydrogen-bond donors (Lipinski definition) is 1. The minimum atomic E-state index is -1.07. The summed E-state index contributed by atoms with van der Waals surface area (Å²) < 4.78 is 26.5. The highest BCUT2D eigenvalue weighted by Gasteiger charge is 2.27. The molecule has 0 atom stereocenters. The van der Waals surface area contributed by atoms with Crippen molar-refractivity contribution in [3.63, 3.8) is 0 Å². The largest absolute Gasteiger partial charge is 0.390 e. The normalized spacial score (nSPS) is 19.0. The van der Waals surface area contributed by atoms with Gasteiger partial charge in [0, 0.05) is 26.1 Å². The van der Waals surface area contributed by atoms with Gasteiger partial charge in [0.05, 0.1) is 11.2 Å². The predicted octanol–water partition coefficient (Wildman–Crippen LogP) is 2.38. The third-order valence-corrected chi connectivity index (χ3v) is 3.84. The van der Waals surface area contributed by atoms with E-state index in [9.17, 15) is 18.7 Å². The molecule has 110 valence electrons. The molecular weight excluding hydrogens is 264 g/mol. The molecule has 1 aliphatic heterocycles. The van der Waals surface area contributed by atoms with E-state index in [2.05, 4.69) is 4.90 Å². The molecule has 1 aromatic rings. The minimum Gasteiger partial charge on any atom is -0.390 e. The summed E-state index contributed by atoms with van der Waals surface area (Å²) >= 11 is 0. The second-order valence-corrected chi connectivity index (χ2v) is 5.61. The molecule has 1 N–H and O–H groups in total. The van der Waals surface area contributed by atoms with Gasteiger partial charge < -0.3 is 10.0 Å². The molecule has 1 fully saturated rings. The Morgan fingerprint density at radius 1 is 1.35 bits per heavy atom. The van der Waals surface area contributed by atoms with Crippen LogP contribution in [0.5, 0.6) is 0 Å². The van der Waals surface area contributed by atoms with Crippen molar-refractivity contribution >= 4 is 5.78 Å². The van der Waals surface area contributed by atoms with Crippen LogP contribution in [-0.4, -0.2) is 41.0 Å². The molecule has 0 spiro atoms. The third-order valence-electron chi connectivity index (χ3n) is 3.84. The van der Waals surface area contributed by atoms with Crippen LogP contribution in [0.25, 0.3) is 0 Å². The summed E-state index contributed by atoms with van der Waals surface area (Å²) in [6.45, 7) is 3.74. The van der Waals surface area contributed by atoms with Crippen LogP contribution in [0, 0.1) is 11.6 Å². The van der Waals surface area contributed by atoms with E-state index in [1.165, 1.54) is 12.1 Å². The highest BCUT2D eigenvalue weighted by Crippen LogP contribution is 2.21. The number of ketones is 1. The van der Waals surface area contributed by atoms with Gasteiger partial charge in [0.1, 0.15) is 0 Å². The van der Waals surface area contributed by atoms with Crippen LogP contribution in [0.3, 0.4) is 0 Å². The Bertz CT molecular complexity index is 493. The number of rotatable bonds is 4. The maximum Gasteiger partial charge on any atom is 0.169 e. The Kier molecular flexibility index (Phi) is 4.50. The van der Waals surface area contributed by atoms with Crippen LogP contribution in [0.1, 0.15) is 36.5 Å². The second-order valence-electron chi connectivity index (χ2n) is 5.61. The van der Waals surface area contributed by atoms with Crippen LogP contribution < -0.4 is 0 Å². The first-order chi connectivity index (χ1) is 9.39. The lowest BCUT2D eigenvalue weighted by molar-refractivity contribution is -0.00506. The topological polar surface area (TPSA) is 40.5 Å². The van der Waals surface area contributed by atoms with Crippen LogP contribution in [-0.2, 0) is 0 Å². The van der Waals surface area contributed by atoms with Crippen molar-refractivity contribution in [2.24, 2.45) is 0 Å². The number of benzene rings is 1. The number of likely N-dealkylation sites (tertiary alicyclic amines) is 1. The summed E-state index contributed by atoms with van der Waals surface area (Å²) in [5.74, 6) is -2.46. The fourth-order valence-corrected chi connectivity index (χ4v) is 2.37. The number of aliphatic hydroxyl groups is 1. The quantitative estimate of drug-likeness (QED) is 0.863. The zero-order valence-electron chi connectivity index (χ0n) is 11.5. The van der Waals surface area contributed by atoms with E-state index in [0.29, 0.717) is 32.5 Å². The maximum absolute atomic E-state index is 13.5. The Morgan fingerprint density at radius 3 is 2.65 bits per heavy atom. The Morgan fingerprint density at radius 2 is 2.00 bits per heavy atom. The first-order valence-electron chi connectivity index (χ1n) is 6.81. The number of hydrogen-bond acceptors (Lipinski definition) is 3. The molecule has 20 heavy (non-hydrogen) atoms. The van der Waals surface area contributed by atoms with Crippen LogP contribution in [0.4, 0.5) is 8.78 Å². The van der Waals surface area contributed by atoms with E-state index in [1.807, 2.05) is 0 Å². The molecule has 0 saturated carbocycles. The number of carbonyl (C=O) groups excluding carboxylic acids is 1. The number of piperidine rings is 1. The molecule has 0 amide bonds. The zero-order chi connectivity index (χ0) is 14.8. The molecule has 5 heteroatoms. The first-order valence-corrected chi connectivity index (χ1v) is 6.81. The number of nitrogens with zero attached hydrogens (tertiary/aromatic N) is 1. The summed E-state index contributed by atoms with van der Waals surface area (Å²) in [6.07, 6.45) is 1.48. The molecule has 1 saturated heterocycles. The minimum absolute atomic E-state index is 0.155. The lowest BCUT2D eigenvalue weighted by atomic mass is 9.93. The van der Waals surface area contributed by atoms with E-state index in [0.717, 1.165) is 6.07 Å². The summed E-state index contributed by atoms with van der Waals surface area (Å²) in [5, 5.41) is 9.83. The number of halogens is 2. The lowest BCUT2D eigenvalue weighted by Gasteiger charge is -2.35. The van der Waals surface area contributed by atoms with Gasteiger partial charge in [0.25, 0.3) is 0 Å². The molecular formula is C15H19F2NO2. The summed E-state index contributed by atoms with van der Waals surface area (Å²) in [4.78, 5) is 14.0. The molecule has 0 unspecified atom stereocenters. The summed E-state index contributed by atoms with van der Waals surface area (Å²) in [5.41, 5.74) is -0.816. The number of Topliss-reactive ketones (excluding diaryl/α,β-unsaturated/α-hetero) is 1. The second kappa shape index (κ2) is 5.97. The van der Waals surface area contributed by atoms with Crippen molar-refractivity contribution in [1.82, 2.24) is 4.90 Å². The first kappa shape index (κ1) is 15.1. The van der Waals surface area contributed by atoms with Gasteiger partial charge in [-0.2, -0.15) is 0 Å². The van der Waals surface area contributed by atoms with Gasteiger partial charge in [-0.3, -0.25) is 4.79 Å². The van der Waals surface area contributed by atoms with Gasteiger partial charge >= 0.3 is 0 Å². The summed E-state index contributed by atoms with van der Waals surface area (Å²) in [6, 6.07) is 3.64. The smallest absolute Gasteiger partial charge is 0.169 e. The van der Waals surface area contributed by atoms with E-state index in [-0.39, 0.29) is 17.8 Å². The van der Waals surface area contributed by atoms with Gasteiger partial charge in [-0.25, -0.2) is 8.78 Å².